The van der Waals surface area contributed by atoms with E-state index in [4.69, 9.17) is 0 Å². The molecule has 15 heavy (non-hydrogen) atoms. The third-order valence-electron chi connectivity index (χ3n) is 1.97. The molecule has 0 bridgehead atoms. The van der Waals surface area contributed by atoms with Crippen molar-refractivity contribution in [3.8, 4) is 0 Å². The summed E-state index contributed by atoms with van der Waals surface area (Å²) in [4.78, 5) is 0. The lowest BCUT2D eigenvalue weighted by Gasteiger charge is -2.27. The first-order valence-electron chi connectivity index (χ1n) is 3.14. The summed E-state index contributed by atoms with van der Waals surface area (Å²) in [6, 6.07) is 0. The second-order valence-corrected chi connectivity index (χ2v) is 4.96. The standard InChI is InChI=1S/C5Cl4F6/c6-1(10)2(7,11)4(9,13)5(14,15)3(1,8)12/t1-,2+,3-,4-/m0/s1. The van der Waals surface area contributed by atoms with Crippen molar-refractivity contribution in [3.63, 3.8) is 0 Å². The molecule has 0 heterocycles. The number of alkyl halides is 10. The first kappa shape index (κ1) is 13.8. The van der Waals surface area contributed by atoms with E-state index in [2.05, 4.69) is 46.4 Å². The van der Waals surface area contributed by atoms with Gasteiger partial charge in [0.25, 0.3) is 10.3 Å². The van der Waals surface area contributed by atoms with E-state index >= 15 is 0 Å². The average Bonchev–Trinajstić information content (AvgIpc) is 2.04. The van der Waals surface area contributed by atoms with Gasteiger partial charge in [0.15, 0.2) is 0 Å². The van der Waals surface area contributed by atoms with Crippen LogP contribution in [0.4, 0.5) is 26.3 Å². The van der Waals surface area contributed by atoms with Gasteiger partial charge in [-0.05, 0) is 0 Å². The van der Waals surface area contributed by atoms with Crippen LogP contribution in [0.3, 0.4) is 0 Å². The predicted molar refractivity (Wildman–Crippen MR) is 43.7 cm³/mol. The topological polar surface area (TPSA) is 0 Å². The molecule has 0 nitrogen and oxygen atoms in total. The fourth-order valence-electron chi connectivity index (χ4n) is 0.986. The highest BCUT2D eigenvalue weighted by molar-refractivity contribution is 6.45. The summed E-state index contributed by atoms with van der Waals surface area (Å²) in [6.07, 6.45) is 0. The molecule has 0 aliphatic heterocycles. The maximum Gasteiger partial charge on any atom is 0.351 e. The molecule has 0 amide bonds. The summed E-state index contributed by atoms with van der Waals surface area (Å²) in [5.41, 5.74) is 0. The molecule has 0 aromatic heterocycles. The van der Waals surface area contributed by atoms with Crippen molar-refractivity contribution < 1.29 is 26.3 Å². The Morgan fingerprint density at radius 1 is 0.467 bits per heavy atom. The molecular weight excluding hydrogens is 316 g/mol. The van der Waals surface area contributed by atoms with Gasteiger partial charge in [-0.25, -0.2) is 17.6 Å². The minimum Gasteiger partial charge on any atom is -0.216 e. The van der Waals surface area contributed by atoms with Crippen molar-refractivity contribution in [2.24, 2.45) is 0 Å². The fourth-order valence-corrected chi connectivity index (χ4v) is 2.15. The third-order valence-corrected chi connectivity index (χ3v) is 4.30. The van der Waals surface area contributed by atoms with Gasteiger partial charge in [0.05, 0.1) is 0 Å². The Kier molecular flexibility index (Phi) is 2.71. The summed E-state index contributed by atoms with van der Waals surface area (Å²) >= 11 is 17.6. The highest BCUT2D eigenvalue weighted by Crippen LogP contribution is 2.72. The molecule has 1 aliphatic rings. The fraction of sp³-hybridized carbons (Fsp3) is 1.00. The molecule has 0 saturated heterocycles. The summed E-state index contributed by atoms with van der Waals surface area (Å²) < 4.78 is 77.9. The lowest BCUT2D eigenvalue weighted by atomic mass is 10.2. The average molecular weight is 316 g/mol. The van der Waals surface area contributed by atoms with Crippen LogP contribution in [0.1, 0.15) is 0 Å². The molecule has 0 aromatic rings. The molecule has 0 unspecified atom stereocenters. The van der Waals surface area contributed by atoms with Gasteiger partial charge in [0.1, 0.15) is 0 Å². The number of hydrogen-bond donors (Lipinski definition) is 0. The molecule has 90 valence electrons. The van der Waals surface area contributed by atoms with Crippen LogP contribution < -0.4 is 0 Å². The van der Waals surface area contributed by atoms with Gasteiger partial charge in [-0.1, -0.05) is 46.4 Å². The van der Waals surface area contributed by atoms with Gasteiger partial charge >= 0.3 is 16.2 Å². The Hall–Kier alpha value is 0.740. The van der Waals surface area contributed by atoms with Crippen molar-refractivity contribution in [1.29, 1.82) is 0 Å². The van der Waals surface area contributed by atoms with Crippen LogP contribution >= 0.6 is 46.4 Å². The van der Waals surface area contributed by atoms with Gasteiger partial charge in [-0.15, -0.1) is 0 Å². The van der Waals surface area contributed by atoms with E-state index in [1.165, 1.54) is 0 Å². The van der Waals surface area contributed by atoms with Crippen LogP contribution in [0.15, 0.2) is 0 Å². The zero-order chi connectivity index (χ0) is 12.5. The Morgan fingerprint density at radius 2 is 0.667 bits per heavy atom. The van der Waals surface area contributed by atoms with Gasteiger partial charge in [-0.3, -0.25) is 0 Å². The largest absolute Gasteiger partial charge is 0.351 e. The van der Waals surface area contributed by atoms with Gasteiger partial charge < -0.3 is 0 Å². The van der Waals surface area contributed by atoms with Crippen LogP contribution in [-0.4, -0.2) is 26.4 Å². The minimum absolute atomic E-state index is 4.35. The van der Waals surface area contributed by atoms with E-state index in [1.807, 2.05) is 0 Å². The summed E-state index contributed by atoms with van der Waals surface area (Å²) in [5.74, 6) is -5.46. The lowest BCUT2D eigenvalue weighted by Crippen LogP contribution is -2.49. The molecule has 1 saturated carbocycles. The summed E-state index contributed by atoms with van der Waals surface area (Å²) in [6.45, 7) is 0. The Labute approximate surface area is 99.4 Å². The van der Waals surface area contributed by atoms with Crippen LogP contribution in [0, 0.1) is 0 Å². The number of rotatable bonds is 0. The number of halogens is 10. The van der Waals surface area contributed by atoms with E-state index in [0.29, 0.717) is 0 Å². The van der Waals surface area contributed by atoms with Crippen molar-refractivity contribution in [2.75, 3.05) is 0 Å². The zero-order valence-corrected chi connectivity index (χ0v) is 9.30. The molecule has 0 radical (unpaired) electrons. The van der Waals surface area contributed by atoms with Crippen molar-refractivity contribution >= 4 is 46.4 Å². The second kappa shape index (κ2) is 2.94. The first-order valence-corrected chi connectivity index (χ1v) is 4.65. The highest BCUT2D eigenvalue weighted by Gasteiger charge is 2.96. The SMILES string of the molecule is FC1(F)[C@](F)(Cl)[C@@](F)(Cl)[C@@](F)(Cl)[C@@]1(F)Cl. The predicted octanol–water partition coefficient (Wildman–Crippen LogP) is 4.25. The van der Waals surface area contributed by atoms with E-state index < -0.39 is 26.4 Å². The van der Waals surface area contributed by atoms with Crippen LogP contribution in [0.25, 0.3) is 0 Å². The van der Waals surface area contributed by atoms with Gasteiger partial charge in [0.2, 0.25) is 0 Å². The van der Waals surface area contributed by atoms with Crippen LogP contribution in [0.2, 0.25) is 0 Å². The van der Waals surface area contributed by atoms with Crippen molar-refractivity contribution in [2.45, 2.75) is 26.4 Å². The lowest BCUT2D eigenvalue weighted by molar-refractivity contribution is -0.143. The Morgan fingerprint density at radius 3 is 0.733 bits per heavy atom. The third kappa shape index (κ3) is 1.14. The maximum atomic E-state index is 13.1. The second-order valence-electron chi connectivity index (χ2n) is 2.87. The maximum absolute atomic E-state index is 13.1. The molecule has 4 atom stereocenters. The quantitative estimate of drug-likeness (QED) is 0.463. The molecule has 10 heteroatoms. The van der Waals surface area contributed by atoms with E-state index in [0.717, 1.165) is 0 Å². The molecule has 1 rings (SSSR count). The van der Waals surface area contributed by atoms with Crippen LogP contribution in [-0.2, 0) is 0 Å². The van der Waals surface area contributed by atoms with Crippen molar-refractivity contribution in [3.05, 3.63) is 0 Å². The van der Waals surface area contributed by atoms with E-state index in [1.54, 1.807) is 0 Å². The molecular formula is C5Cl4F6. The van der Waals surface area contributed by atoms with E-state index in [9.17, 15) is 26.3 Å². The Bertz CT molecular complexity index is 208. The molecule has 1 aliphatic carbocycles. The molecule has 0 N–H and O–H groups in total. The monoisotopic (exact) mass is 314 g/mol. The molecule has 1 fully saturated rings. The van der Waals surface area contributed by atoms with Gasteiger partial charge in [-0.2, -0.15) is 8.78 Å². The van der Waals surface area contributed by atoms with Crippen molar-refractivity contribution in [1.82, 2.24) is 0 Å². The van der Waals surface area contributed by atoms with Crippen LogP contribution in [0.5, 0.6) is 0 Å². The first-order chi connectivity index (χ1) is 6.25. The zero-order valence-electron chi connectivity index (χ0n) is 6.28. The number of hydrogen-bond acceptors (Lipinski definition) is 0. The minimum atomic E-state index is -5.46. The van der Waals surface area contributed by atoms with E-state index in [-0.39, 0.29) is 0 Å². The normalized spacial score (nSPS) is 59.6. The highest BCUT2D eigenvalue weighted by atomic mass is 35.5. The summed E-state index contributed by atoms with van der Waals surface area (Å²) in [5, 5.41) is -19.3. The summed E-state index contributed by atoms with van der Waals surface area (Å²) in [7, 11) is 0. The molecule has 0 aromatic carbocycles. The molecule has 0 spiro atoms. The Balaban J connectivity index is 3.55. The van der Waals surface area contributed by atoms with Gasteiger partial charge in [0, 0.05) is 0 Å². The smallest absolute Gasteiger partial charge is 0.216 e.